The molecule has 0 saturated carbocycles. The van der Waals surface area contributed by atoms with Crippen LogP contribution in [0.1, 0.15) is 12.6 Å². The molecule has 1 aromatic heterocycles. The van der Waals surface area contributed by atoms with E-state index in [4.69, 9.17) is 10.5 Å². The van der Waals surface area contributed by atoms with Crippen molar-refractivity contribution in [2.24, 2.45) is 5.73 Å². The molecule has 0 aromatic carbocycles. The number of aromatic nitrogens is 1. The highest BCUT2D eigenvalue weighted by Crippen LogP contribution is 2.09. The molecule has 5 heteroatoms. The van der Waals surface area contributed by atoms with E-state index in [1.165, 1.54) is 0 Å². The summed E-state index contributed by atoms with van der Waals surface area (Å²) >= 11 is 0. The molecule has 0 saturated heterocycles. The van der Waals surface area contributed by atoms with Gasteiger partial charge in [-0.15, -0.1) is 0 Å². The first-order valence-electron chi connectivity index (χ1n) is 5.69. The lowest BCUT2D eigenvalue weighted by molar-refractivity contribution is -0.131. The lowest BCUT2D eigenvalue weighted by Gasteiger charge is -2.14. The minimum Gasteiger partial charge on any atom is -0.482 e. The molecule has 1 rings (SSSR count). The summed E-state index contributed by atoms with van der Waals surface area (Å²) in [4.78, 5) is 17.3. The van der Waals surface area contributed by atoms with E-state index in [9.17, 15) is 4.79 Å². The van der Waals surface area contributed by atoms with Crippen LogP contribution in [0.4, 0.5) is 0 Å². The predicted molar refractivity (Wildman–Crippen MR) is 65.8 cm³/mol. The van der Waals surface area contributed by atoms with Crippen molar-refractivity contribution < 1.29 is 9.53 Å². The van der Waals surface area contributed by atoms with Gasteiger partial charge in [-0.2, -0.15) is 0 Å². The number of nitrogens with zero attached hydrogens (tertiary/aromatic N) is 2. The zero-order valence-corrected chi connectivity index (χ0v) is 10.3. The van der Waals surface area contributed by atoms with Crippen LogP contribution in [0.15, 0.2) is 18.3 Å². The largest absolute Gasteiger partial charge is 0.482 e. The fraction of sp³-hybridized carbons (Fsp3) is 0.500. The lowest BCUT2D eigenvalue weighted by Crippen LogP contribution is -2.31. The Bertz CT molecular complexity index is 351. The highest BCUT2D eigenvalue weighted by Gasteiger charge is 2.07. The number of nitrogens with two attached hydrogens (primary N) is 1. The van der Waals surface area contributed by atoms with E-state index in [1.54, 1.807) is 24.2 Å². The zero-order valence-electron chi connectivity index (χ0n) is 10.3. The van der Waals surface area contributed by atoms with Gasteiger partial charge in [0.05, 0.1) is 6.20 Å². The molecule has 0 bridgehead atoms. The molecule has 94 valence electrons. The molecule has 0 aliphatic heterocycles. The number of likely N-dealkylation sites (N-methyl/N-ethyl adjacent to an activating group) is 1. The Balaban J connectivity index is 2.44. The summed E-state index contributed by atoms with van der Waals surface area (Å²) in [7, 11) is 1.74. The summed E-state index contributed by atoms with van der Waals surface area (Å²) in [5, 5.41) is 0. The molecule has 0 fully saturated rings. The summed E-state index contributed by atoms with van der Waals surface area (Å²) in [6.07, 6.45) is 2.36. The van der Waals surface area contributed by atoms with Crippen molar-refractivity contribution >= 4 is 5.91 Å². The molecule has 0 radical (unpaired) electrons. The summed E-state index contributed by atoms with van der Waals surface area (Å²) in [5.41, 5.74) is 6.35. The van der Waals surface area contributed by atoms with Crippen molar-refractivity contribution in [2.75, 3.05) is 26.7 Å². The van der Waals surface area contributed by atoms with Crippen LogP contribution in [0.3, 0.4) is 0 Å². The summed E-state index contributed by atoms with van der Waals surface area (Å²) in [6, 6.07) is 3.66. The van der Waals surface area contributed by atoms with Crippen LogP contribution in [0.5, 0.6) is 5.75 Å². The Morgan fingerprint density at radius 1 is 1.53 bits per heavy atom. The van der Waals surface area contributed by atoms with Crippen molar-refractivity contribution in [3.8, 4) is 5.75 Å². The molecular formula is C12H19N3O2. The van der Waals surface area contributed by atoms with E-state index < -0.39 is 0 Å². The quantitative estimate of drug-likeness (QED) is 0.779. The third-order valence-electron chi connectivity index (χ3n) is 2.46. The van der Waals surface area contributed by atoms with Crippen molar-refractivity contribution in [1.29, 1.82) is 0 Å². The van der Waals surface area contributed by atoms with E-state index >= 15 is 0 Å². The normalized spacial score (nSPS) is 10.1. The molecule has 0 unspecified atom stereocenters. The first-order valence-corrected chi connectivity index (χ1v) is 5.69. The van der Waals surface area contributed by atoms with Crippen molar-refractivity contribution in [2.45, 2.75) is 13.3 Å². The summed E-state index contributed by atoms with van der Waals surface area (Å²) in [5.74, 6) is 0.558. The van der Waals surface area contributed by atoms with Crippen LogP contribution in [0.2, 0.25) is 0 Å². The third-order valence-corrected chi connectivity index (χ3v) is 2.46. The molecule has 0 aliphatic carbocycles. The molecule has 5 nitrogen and oxygen atoms in total. The van der Waals surface area contributed by atoms with Gasteiger partial charge in [0.1, 0.15) is 5.75 Å². The maximum atomic E-state index is 11.5. The number of carbonyl (C=O) groups is 1. The molecule has 1 heterocycles. The first-order chi connectivity index (χ1) is 8.17. The standard InChI is InChI=1S/C12H19N3O2/c1-3-15(2)12(16)9-17-11-5-4-10(6-7-13)14-8-11/h4-5,8H,3,6-7,9,13H2,1-2H3. The second kappa shape index (κ2) is 6.85. The number of hydrogen-bond acceptors (Lipinski definition) is 4. The van der Waals surface area contributed by atoms with Gasteiger partial charge < -0.3 is 15.4 Å². The van der Waals surface area contributed by atoms with Crippen LogP contribution >= 0.6 is 0 Å². The lowest BCUT2D eigenvalue weighted by atomic mass is 10.3. The summed E-state index contributed by atoms with van der Waals surface area (Å²) < 4.78 is 5.34. The Morgan fingerprint density at radius 2 is 2.29 bits per heavy atom. The van der Waals surface area contributed by atoms with Crippen LogP contribution in [0, 0.1) is 0 Å². The van der Waals surface area contributed by atoms with E-state index in [2.05, 4.69) is 4.98 Å². The SMILES string of the molecule is CCN(C)C(=O)COc1ccc(CCN)nc1. The minimum atomic E-state index is -0.0430. The van der Waals surface area contributed by atoms with Crippen molar-refractivity contribution in [3.63, 3.8) is 0 Å². The van der Waals surface area contributed by atoms with Crippen molar-refractivity contribution in [3.05, 3.63) is 24.0 Å². The van der Waals surface area contributed by atoms with E-state index in [1.807, 2.05) is 13.0 Å². The number of hydrogen-bond donors (Lipinski definition) is 1. The van der Waals surface area contributed by atoms with Gasteiger partial charge in [0.25, 0.3) is 5.91 Å². The number of ether oxygens (including phenoxy) is 1. The number of pyridine rings is 1. The van der Waals surface area contributed by atoms with Gasteiger partial charge in [-0.1, -0.05) is 0 Å². The Labute approximate surface area is 102 Å². The minimum absolute atomic E-state index is 0.0430. The average Bonchev–Trinajstić information content (AvgIpc) is 2.37. The maximum absolute atomic E-state index is 11.5. The van der Waals surface area contributed by atoms with Crippen LogP contribution < -0.4 is 10.5 Å². The molecule has 0 spiro atoms. The van der Waals surface area contributed by atoms with Crippen LogP contribution in [0.25, 0.3) is 0 Å². The number of carbonyl (C=O) groups excluding carboxylic acids is 1. The molecule has 1 aromatic rings. The zero-order chi connectivity index (χ0) is 12.7. The third kappa shape index (κ3) is 4.40. The van der Waals surface area contributed by atoms with Gasteiger partial charge in [0.2, 0.25) is 0 Å². The second-order valence-electron chi connectivity index (χ2n) is 3.72. The molecule has 2 N–H and O–H groups in total. The molecule has 0 aliphatic rings. The van der Waals surface area contributed by atoms with E-state index in [0.29, 0.717) is 18.8 Å². The highest BCUT2D eigenvalue weighted by molar-refractivity contribution is 5.77. The van der Waals surface area contributed by atoms with Gasteiger partial charge in [-0.25, -0.2) is 0 Å². The summed E-state index contributed by atoms with van der Waals surface area (Å²) in [6.45, 7) is 3.21. The van der Waals surface area contributed by atoms with Gasteiger partial charge in [0, 0.05) is 25.7 Å². The highest BCUT2D eigenvalue weighted by atomic mass is 16.5. The van der Waals surface area contributed by atoms with E-state index in [-0.39, 0.29) is 12.5 Å². The van der Waals surface area contributed by atoms with Gasteiger partial charge in [-0.3, -0.25) is 9.78 Å². The smallest absolute Gasteiger partial charge is 0.260 e. The van der Waals surface area contributed by atoms with Crippen LogP contribution in [-0.4, -0.2) is 42.5 Å². The molecular weight excluding hydrogens is 218 g/mol. The number of rotatable bonds is 6. The van der Waals surface area contributed by atoms with Gasteiger partial charge >= 0.3 is 0 Å². The topological polar surface area (TPSA) is 68.5 Å². The van der Waals surface area contributed by atoms with Crippen LogP contribution in [-0.2, 0) is 11.2 Å². The Hall–Kier alpha value is -1.62. The Kier molecular flexibility index (Phi) is 5.42. The predicted octanol–water partition coefficient (Wildman–Crippen LogP) is 0.440. The number of amides is 1. The molecule has 1 amide bonds. The molecule has 0 atom stereocenters. The fourth-order valence-electron chi connectivity index (χ4n) is 1.22. The monoisotopic (exact) mass is 237 g/mol. The first kappa shape index (κ1) is 13.4. The fourth-order valence-corrected chi connectivity index (χ4v) is 1.22. The molecule has 17 heavy (non-hydrogen) atoms. The Morgan fingerprint density at radius 3 is 2.82 bits per heavy atom. The van der Waals surface area contributed by atoms with Gasteiger partial charge in [0.15, 0.2) is 6.61 Å². The van der Waals surface area contributed by atoms with Gasteiger partial charge in [-0.05, 0) is 25.6 Å². The average molecular weight is 237 g/mol. The van der Waals surface area contributed by atoms with Crippen molar-refractivity contribution in [1.82, 2.24) is 9.88 Å². The van der Waals surface area contributed by atoms with E-state index in [0.717, 1.165) is 12.1 Å². The second-order valence-corrected chi connectivity index (χ2v) is 3.72. The maximum Gasteiger partial charge on any atom is 0.260 e.